The van der Waals surface area contributed by atoms with Gasteiger partial charge in [-0.15, -0.1) is 0 Å². The third-order valence-electron chi connectivity index (χ3n) is 7.88. The minimum Gasteiger partial charge on any atom is -0.370 e. The highest BCUT2D eigenvalue weighted by atomic mass is 19.3. The van der Waals surface area contributed by atoms with Gasteiger partial charge < -0.3 is 19.9 Å². The summed E-state index contributed by atoms with van der Waals surface area (Å²) < 4.78 is 33.6. The summed E-state index contributed by atoms with van der Waals surface area (Å²) in [4.78, 5) is 11.1. The van der Waals surface area contributed by atoms with Gasteiger partial charge in [-0.1, -0.05) is 6.07 Å². The van der Waals surface area contributed by atoms with E-state index in [0.717, 1.165) is 55.0 Å². The number of nitrogens with one attached hydrogen (secondary N) is 1. The molecule has 9 heteroatoms. The second-order valence-electron chi connectivity index (χ2n) is 10.5. The quantitative estimate of drug-likeness (QED) is 0.552. The molecule has 1 aromatic heterocycles. The number of aromatic nitrogens is 1. The van der Waals surface area contributed by atoms with E-state index in [-0.39, 0.29) is 12.2 Å². The Balaban J connectivity index is 1.16. The summed E-state index contributed by atoms with van der Waals surface area (Å²) in [6, 6.07) is 15.5. The molecule has 2 fully saturated rings. The molecule has 4 heterocycles. The molecule has 0 spiro atoms. The molecule has 2 saturated heterocycles. The van der Waals surface area contributed by atoms with Crippen LogP contribution in [-0.4, -0.2) is 73.8 Å². The monoisotopic (exact) mass is 518 g/mol. The molecular weight excluding hydrogens is 486 g/mol. The largest absolute Gasteiger partial charge is 0.370 e. The Morgan fingerprint density at radius 2 is 2.03 bits per heavy atom. The lowest BCUT2D eigenvalue weighted by Gasteiger charge is -2.40. The van der Waals surface area contributed by atoms with Gasteiger partial charge in [0.25, 0.3) is 6.43 Å². The highest BCUT2D eigenvalue weighted by Gasteiger charge is 2.33. The smallest absolute Gasteiger partial charge is 0.259 e. The lowest BCUT2D eigenvalue weighted by Crippen LogP contribution is -2.54. The Kier molecular flexibility index (Phi) is 6.87. The molecule has 2 aromatic carbocycles. The highest BCUT2D eigenvalue weighted by molar-refractivity contribution is 5.95. The summed E-state index contributed by atoms with van der Waals surface area (Å²) >= 11 is 0. The van der Waals surface area contributed by atoms with Gasteiger partial charge in [-0.3, -0.25) is 9.88 Å². The topological polar surface area (TPSA) is 67.7 Å². The van der Waals surface area contributed by atoms with Gasteiger partial charge in [0, 0.05) is 75.3 Å². The molecule has 3 aromatic rings. The number of anilines is 2. The zero-order valence-electron chi connectivity index (χ0n) is 21.5. The van der Waals surface area contributed by atoms with Crippen LogP contribution in [0.2, 0.25) is 0 Å². The number of hydrogen-bond donors (Lipinski definition) is 1. The molecule has 3 aliphatic heterocycles. The average molecular weight is 519 g/mol. The van der Waals surface area contributed by atoms with Crippen LogP contribution in [0, 0.1) is 11.3 Å². The molecular formula is C29H32F2N6O. The number of halogens is 2. The number of hydrogen-bond acceptors (Lipinski definition) is 7. The summed E-state index contributed by atoms with van der Waals surface area (Å²) in [6.07, 6.45) is -0.577. The fourth-order valence-electron chi connectivity index (χ4n) is 6.18. The zero-order valence-corrected chi connectivity index (χ0v) is 21.5. The maximum absolute atomic E-state index is 13.6. The molecule has 0 saturated carbocycles. The number of nitriles is 1. The maximum atomic E-state index is 13.6. The van der Waals surface area contributed by atoms with E-state index < -0.39 is 12.5 Å². The molecule has 38 heavy (non-hydrogen) atoms. The van der Waals surface area contributed by atoms with Gasteiger partial charge in [-0.2, -0.15) is 5.26 Å². The highest BCUT2D eigenvalue weighted by Crippen LogP contribution is 2.33. The molecule has 3 atom stereocenters. The zero-order chi connectivity index (χ0) is 26.2. The van der Waals surface area contributed by atoms with E-state index in [9.17, 15) is 14.0 Å². The van der Waals surface area contributed by atoms with Crippen molar-refractivity contribution in [3.63, 3.8) is 0 Å². The molecule has 1 N–H and O–H groups in total. The first-order chi connectivity index (χ1) is 18.5. The van der Waals surface area contributed by atoms with Gasteiger partial charge >= 0.3 is 0 Å². The van der Waals surface area contributed by atoms with Crippen LogP contribution >= 0.6 is 0 Å². The van der Waals surface area contributed by atoms with Crippen LogP contribution in [0.5, 0.6) is 0 Å². The van der Waals surface area contributed by atoms with Crippen molar-refractivity contribution in [1.29, 1.82) is 5.26 Å². The second kappa shape index (κ2) is 10.4. The Morgan fingerprint density at radius 1 is 1.16 bits per heavy atom. The first-order valence-electron chi connectivity index (χ1n) is 13.3. The molecule has 0 bridgehead atoms. The van der Waals surface area contributed by atoms with E-state index in [1.807, 2.05) is 35.2 Å². The van der Waals surface area contributed by atoms with Gasteiger partial charge in [0.2, 0.25) is 0 Å². The van der Waals surface area contributed by atoms with Gasteiger partial charge in [0.05, 0.1) is 23.3 Å². The lowest BCUT2D eigenvalue weighted by atomic mass is 10.1. The Labute approximate surface area is 221 Å². The average Bonchev–Trinajstić information content (AvgIpc) is 3.33. The van der Waals surface area contributed by atoms with Gasteiger partial charge in [-0.05, 0) is 54.4 Å². The van der Waals surface area contributed by atoms with Gasteiger partial charge in [-0.25, -0.2) is 8.78 Å². The Hall–Kier alpha value is -3.32. The molecule has 7 nitrogen and oxygen atoms in total. The molecule has 0 radical (unpaired) electrons. The fraction of sp³-hybridized carbons (Fsp3) is 0.448. The third-order valence-corrected chi connectivity index (χ3v) is 7.88. The van der Waals surface area contributed by atoms with Crippen molar-refractivity contribution in [2.45, 2.75) is 44.7 Å². The number of fused-ring (bicyclic) bond motifs is 2. The van der Waals surface area contributed by atoms with Crippen molar-refractivity contribution < 1.29 is 13.5 Å². The van der Waals surface area contributed by atoms with Crippen LogP contribution in [0.15, 0.2) is 48.7 Å². The van der Waals surface area contributed by atoms with Crippen LogP contribution in [-0.2, 0) is 17.8 Å². The standard InChI is InChI=1S/C29H32F2N6O/c1-19-14-36(26-7-5-20(12-32)28-25(26)3-2-8-34-28)18-24(38-19)17-35-15-21-4-6-23(11-22(21)16-35)37-10-9-33-13-27(37)29(30)31/h2-8,11,19,24,27,29,33H,9-10,13-18H2,1H3/t19-,24+,27?/m1/s1. The van der Waals surface area contributed by atoms with E-state index in [0.29, 0.717) is 25.2 Å². The Bertz CT molecular complexity index is 1360. The number of benzene rings is 2. The number of morpholine rings is 1. The summed E-state index contributed by atoms with van der Waals surface area (Å²) in [5.74, 6) is 0. The minimum atomic E-state index is -2.38. The van der Waals surface area contributed by atoms with Crippen molar-refractivity contribution >= 4 is 22.3 Å². The number of nitrogens with zero attached hydrogens (tertiary/aromatic N) is 5. The lowest BCUT2D eigenvalue weighted by molar-refractivity contribution is -0.0329. The number of rotatable bonds is 5. The van der Waals surface area contributed by atoms with Crippen molar-refractivity contribution in [3.05, 3.63) is 65.4 Å². The van der Waals surface area contributed by atoms with E-state index in [1.165, 1.54) is 11.1 Å². The summed E-state index contributed by atoms with van der Waals surface area (Å²) in [5, 5.41) is 13.6. The van der Waals surface area contributed by atoms with E-state index in [4.69, 9.17) is 4.74 Å². The normalized spacial score (nSPS) is 24.1. The van der Waals surface area contributed by atoms with Gasteiger partial charge in [0.15, 0.2) is 0 Å². The number of alkyl halides is 2. The molecule has 198 valence electrons. The van der Waals surface area contributed by atoms with Crippen LogP contribution in [0.3, 0.4) is 0 Å². The molecule has 6 rings (SSSR count). The van der Waals surface area contributed by atoms with Crippen molar-refractivity contribution in [1.82, 2.24) is 15.2 Å². The van der Waals surface area contributed by atoms with Gasteiger partial charge in [0.1, 0.15) is 12.1 Å². The summed E-state index contributed by atoms with van der Waals surface area (Å²) in [6.45, 7) is 7.61. The third kappa shape index (κ3) is 4.80. The van der Waals surface area contributed by atoms with Crippen LogP contribution in [0.25, 0.3) is 10.9 Å². The SMILES string of the molecule is C[C@@H]1CN(c2ccc(C#N)c3ncccc23)C[C@H](CN2Cc3ccc(N4CCNCC4C(F)F)cc3C2)O1. The van der Waals surface area contributed by atoms with Crippen LogP contribution in [0.4, 0.5) is 20.2 Å². The Morgan fingerprint density at radius 3 is 2.87 bits per heavy atom. The number of ether oxygens (including phenoxy) is 1. The van der Waals surface area contributed by atoms with E-state index >= 15 is 0 Å². The predicted octanol–water partition coefficient (Wildman–Crippen LogP) is 3.76. The number of pyridine rings is 1. The maximum Gasteiger partial charge on any atom is 0.259 e. The first-order valence-corrected chi connectivity index (χ1v) is 13.3. The van der Waals surface area contributed by atoms with Crippen LogP contribution < -0.4 is 15.1 Å². The second-order valence-corrected chi connectivity index (χ2v) is 10.5. The van der Waals surface area contributed by atoms with Crippen molar-refractivity contribution in [2.24, 2.45) is 0 Å². The molecule has 3 aliphatic rings. The first kappa shape index (κ1) is 25.0. The van der Waals surface area contributed by atoms with Crippen LogP contribution in [0.1, 0.15) is 23.6 Å². The van der Waals surface area contributed by atoms with E-state index in [1.54, 1.807) is 6.20 Å². The number of piperazine rings is 1. The molecule has 0 aliphatic carbocycles. The summed E-state index contributed by atoms with van der Waals surface area (Å²) in [7, 11) is 0. The van der Waals surface area contributed by atoms with E-state index in [2.05, 4.69) is 45.2 Å². The molecule has 0 amide bonds. The summed E-state index contributed by atoms with van der Waals surface area (Å²) in [5.41, 5.74) is 5.73. The predicted molar refractivity (Wildman–Crippen MR) is 144 cm³/mol. The fourth-order valence-corrected chi connectivity index (χ4v) is 6.18. The molecule has 1 unspecified atom stereocenters. The minimum absolute atomic E-state index is 0.0197. The van der Waals surface area contributed by atoms with Crippen molar-refractivity contribution in [2.75, 3.05) is 49.1 Å². The van der Waals surface area contributed by atoms with Crippen molar-refractivity contribution in [3.8, 4) is 6.07 Å².